The molecule has 4 nitrogen and oxygen atoms in total. The van der Waals surface area contributed by atoms with Crippen LogP contribution in [0.4, 0.5) is 5.88 Å². The summed E-state index contributed by atoms with van der Waals surface area (Å²) in [5.41, 5.74) is 9.10. The lowest BCUT2D eigenvalue weighted by Crippen LogP contribution is -2.26. The maximum Gasteiger partial charge on any atom is 0.230 e. The Morgan fingerprint density at radius 1 is 1.14 bits per heavy atom. The van der Waals surface area contributed by atoms with E-state index in [1.807, 2.05) is 24.3 Å². The van der Waals surface area contributed by atoms with E-state index in [1.165, 1.54) is 19.3 Å². The van der Waals surface area contributed by atoms with Crippen LogP contribution in [-0.4, -0.2) is 12.3 Å². The van der Waals surface area contributed by atoms with Gasteiger partial charge in [0.1, 0.15) is 5.75 Å². The molecule has 0 atom stereocenters. The second kappa shape index (κ2) is 5.43. The first-order chi connectivity index (χ1) is 10.1. The predicted octanol–water partition coefficient (Wildman–Crippen LogP) is 4.15. The Labute approximate surface area is 125 Å². The summed E-state index contributed by atoms with van der Waals surface area (Å²) in [4.78, 5) is 0. The summed E-state index contributed by atoms with van der Waals surface area (Å²) in [7, 11) is 1.66. The van der Waals surface area contributed by atoms with Crippen molar-refractivity contribution in [3.05, 3.63) is 30.0 Å². The zero-order valence-electron chi connectivity index (χ0n) is 12.7. The van der Waals surface area contributed by atoms with Gasteiger partial charge in [-0.2, -0.15) is 0 Å². The molecule has 112 valence electrons. The van der Waals surface area contributed by atoms with Gasteiger partial charge >= 0.3 is 0 Å². The van der Waals surface area contributed by atoms with E-state index in [0.717, 1.165) is 35.4 Å². The van der Waals surface area contributed by atoms with Crippen LogP contribution in [-0.2, 0) is 5.41 Å². The van der Waals surface area contributed by atoms with Gasteiger partial charge in [0.2, 0.25) is 5.88 Å². The molecule has 0 aliphatic heterocycles. The molecule has 1 fully saturated rings. The first-order valence-electron chi connectivity index (χ1n) is 7.54. The zero-order valence-corrected chi connectivity index (χ0v) is 12.7. The Balaban J connectivity index is 2.03. The fourth-order valence-corrected chi connectivity index (χ4v) is 3.32. The summed E-state index contributed by atoms with van der Waals surface area (Å²) < 4.78 is 10.5. The normalized spacial score (nSPS) is 17.6. The fourth-order valence-electron chi connectivity index (χ4n) is 3.32. The van der Waals surface area contributed by atoms with Crippen LogP contribution < -0.4 is 10.5 Å². The molecule has 1 saturated carbocycles. The topological polar surface area (TPSA) is 61.3 Å². The van der Waals surface area contributed by atoms with Gasteiger partial charge in [0.15, 0.2) is 0 Å². The van der Waals surface area contributed by atoms with Crippen LogP contribution in [0.25, 0.3) is 11.1 Å². The fraction of sp³-hybridized carbons (Fsp3) is 0.471. The number of hydrogen-bond donors (Lipinski definition) is 1. The number of aromatic nitrogens is 1. The minimum absolute atomic E-state index is 0.0641. The minimum atomic E-state index is 0.0641. The van der Waals surface area contributed by atoms with Crippen molar-refractivity contribution >= 4 is 5.88 Å². The highest BCUT2D eigenvalue weighted by Crippen LogP contribution is 2.44. The van der Waals surface area contributed by atoms with E-state index in [0.29, 0.717) is 5.88 Å². The molecule has 0 amide bonds. The molecule has 0 unspecified atom stereocenters. The van der Waals surface area contributed by atoms with Crippen LogP contribution in [0.5, 0.6) is 5.75 Å². The summed E-state index contributed by atoms with van der Waals surface area (Å²) >= 11 is 0. The Morgan fingerprint density at radius 2 is 1.81 bits per heavy atom. The third-order valence-corrected chi connectivity index (χ3v) is 4.63. The first-order valence-corrected chi connectivity index (χ1v) is 7.54. The molecule has 1 aromatic carbocycles. The zero-order chi connectivity index (χ0) is 14.9. The number of methoxy groups -OCH3 is 1. The molecule has 0 spiro atoms. The monoisotopic (exact) mass is 286 g/mol. The average Bonchev–Trinajstić information content (AvgIpc) is 2.91. The number of nitrogens with two attached hydrogens (primary N) is 1. The number of anilines is 1. The van der Waals surface area contributed by atoms with E-state index in [9.17, 15) is 0 Å². The number of hydrogen-bond acceptors (Lipinski definition) is 4. The third kappa shape index (κ3) is 2.50. The van der Waals surface area contributed by atoms with E-state index >= 15 is 0 Å². The van der Waals surface area contributed by atoms with Gasteiger partial charge in [-0.05, 0) is 30.5 Å². The molecular weight excluding hydrogens is 264 g/mol. The smallest absolute Gasteiger partial charge is 0.230 e. The van der Waals surface area contributed by atoms with Crippen molar-refractivity contribution in [1.29, 1.82) is 0 Å². The molecule has 1 aliphatic carbocycles. The van der Waals surface area contributed by atoms with Gasteiger partial charge in [-0.3, -0.25) is 0 Å². The molecule has 4 heteroatoms. The quantitative estimate of drug-likeness (QED) is 0.920. The van der Waals surface area contributed by atoms with Gasteiger partial charge in [-0.15, -0.1) is 0 Å². The highest BCUT2D eigenvalue weighted by atomic mass is 16.5. The Bertz CT molecular complexity index is 610. The van der Waals surface area contributed by atoms with Crippen LogP contribution in [0.15, 0.2) is 28.8 Å². The molecule has 3 rings (SSSR count). The second-order valence-electron chi connectivity index (χ2n) is 6.12. The minimum Gasteiger partial charge on any atom is -0.497 e. The summed E-state index contributed by atoms with van der Waals surface area (Å²) in [5, 5.41) is 4.30. The highest BCUT2D eigenvalue weighted by molar-refractivity contribution is 5.76. The predicted molar refractivity (Wildman–Crippen MR) is 83.3 cm³/mol. The molecule has 21 heavy (non-hydrogen) atoms. The summed E-state index contributed by atoms with van der Waals surface area (Å²) in [6.07, 6.45) is 6.07. The van der Waals surface area contributed by atoms with E-state index in [4.69, 9.17) is 15.0 Å². The van der Waals surface area contributed by atoms with Crippen molar-refractivity contribution in [1.82, 2.24) is 5.16 Å². The molecule has 0 radical (unpaired) electrons. The number of nitrogen functional groups attached to an aromatic ring is 1. The van der Waals surface area contributed by atoms with Crippen LogP contribution in [0.3, 0.4) is 0 Å². The number of nitrogens with zero attached hydrogens (tertiary/aromatic N) is 1. The molecule has 2 aromatic rings. The van der Waals surface area contributed by atoms with E-state index < -0.39 is 0 Å². The van der Waals surface area contributed by atoms with E-state index in [-0.39, 0.29) is 5.41 Å². The van der Waals surface area contributed by atoms with Crippen molar-refractivity contribution < 1.29 is 9.26 Å². The Morgan fingerprint density at radius 3 is 2.43 bits per heavy atom. The van der Waals surface area contributed by atoms with E-state index in [1.54, 1.807) is 7.11 Å². The van der Waals surface area contributed by atoms with Crippen molar-refractivity contribution in [2.75, 3.05) is 12.8 Å². The van der Waals surface area contributed by atoms with Crippen molar-refractivity contribution in [3.63, 3.8) is 0 Å². The Kier molecular flexibility index (Phi) is 3.62. The third-order valence-electron chi connectivity index (χ3n) is 4.63. The van der Waals surface area contributed by atoms with Crippen LogP contribution in [0.2, 0.25) is 0 Å². The van der Waals surface area contributed by atoms with Crippen molar-refractivity contribution in [2.45, 2.75) is 44.4 Å². The van der Waals surface area contributed by atoms with Gasteiger partial charge in [-0.25, -0.2) is 0 Å². The van der Waals surface area contributed by atoms with Gasteiger partial charge in [0.25, 0.3) is 0 Å². The maximum absolute atomic E-state index is 6.05. The lowest BCUT2D eigenvalue weighted by Gasteiger charge is -2.32. The molecule has 2 N–H and O–H groups in total. The maximum atomic E-state index is 6.05. The summed E-state index contributed by atoms with van der Waals surface area (Å²) in [5.74, 6) is 1.24. The standard InChI is InChI=1S/C17H22N2O2/c1-17(10-4-3-5-11-17)15-14(16(18)21-19-15)12-6-8-13(20-2)9-7-12/h6-9H,3-5,10-11,18H2,1-2H3. The van der Waals surface area contributed by atoms with Crippen molar-refractivity contribution in [2.24, 2.45) is 0 Å². The van der Waals surface area contributed by atoms with Crippen LogP contribution in [0, 0.1) is 0 Å². The second-order valence-corrected chi connectivity index (χ2v) is 6.12. The largest absolute Gasteiger partial charge is 0.497 e. The lowest BCUT2D eigenvalue weighted by molar-refractivity contribution is 0.295. The molecule has 1 heterocycles. The molecule has 1 aliphatic rings. The van der Waals surface area contributed by atoms with Crippen LogP contribution in [0.1, 0.15) is 44.7 Å². The number of ether oxygens (including phenoxy) is 1. The molecular formula is C17H22N2O2. The molecule has 0 bridgehead atoms. The first kappa shape index (κ1) is 14.0. The molecule has 0 saturated heterocycles. The van der Waals surface area contributed by atoms with Gasteiger partial charge in [0, 0.05) is 5.41 Å². The summed E-state index contributed by atoms with van der Waals surface area (Å²) in [6, 6.07) is 7.90. The van der Waals surface area contributed by atoms with E-state index in [2.05, 4.69) is 12.1 Å². The van der Waals surface area contributed by atoms with Crippen molar-refractivity contribution in [3.8, 4) is 16.9 Å². The van der Waals surface area contributed by atoms with Gasteiger partial charge < -0.3 is 15.0 Å². The summed E-state index contributed by atoms with van der Waals surface area (Å²) in [6.45, 7) is 2.27. The SMILES string of the molecule is COc1ccc(-c2c(C3(C)CCCCC3)noc2N)cc1. The van der Waals surface area contributed by atoms with Gasteiger partial charge in [-0.1, -0.05) is 43.5 Å². The molecule has 1 aromatic heterocycles. The average molecular weight is 286 g/mol. The highest BCUT2D eigenvalue weighted by Gasteiger charge is 2.35. The van der Waals surface area contributed by atoms with Crippen LogP contribution >= 0.6 is 0 Å². The number of benzene rings is 1. The van der Waals surface area contributed by atoms with Gasteiger partial charge in [0.05, 0.1) is 18.4 Å². The lowest BCUT2D eigenvalue weighted by atomic mass is 9.72. The number of rotatable bonds is 3. The Hall–Kier alpha value is -1.97.